The van der Waals surface area contributed by atoms with Crippen LogP contribution in [0.3, 0.4) is 0 Å². The molecule has 0 aromatic rings. The summed E-state index contributed by atoms with van der Waals surface area (Å²) in [6.45, 7) is 8.01. The predicted molar refractivity (Wildman–Crippen MR) is 194 cm³/mol. The summed E-state index contributed by atoms with van der Waals surface area (Å²) in [5, 5.41) is 0. The van der Waals surface area contributed by atoms with E-state index < -0.39 is 0 Å². The molecule has 0 spiro atoms. The maximum Gasteiger partial charge on any atom is 0.309 e. The molecule has 5 nitrogen and oxygen atoms in total. The number of nitrogens with zero attached hydrogens (tertiary/aromatic N) is 1. The molecule has 0 aliphatic carbocycles. The second-order valence-corrected chi connectivity index (χ2v) is 14.1. The fourth-order valence-electron chi connectivity index (χ4n) is 6.17. The minimum Gasteiger partial charge on any atom is -0.462 e. The van der Waals surface area contributed by atoms with E-state index in [0.717, 1.165) is 70.8 Å². The standard InChI is InChI=1S/C40H79NO4/c1-6-9-12-15-17-18-19-20-21-22-24-28-33-38(45-39(42)34-29-25-30-35-41(4)5)36-44-40(43)37(31-26-14-11-8-3)32-27-23-16-13-10-7-2/h37-38H,6-36H2,1-5H3. The van der Waals surface area contributed by atoms with Crippen molar-refractivity contribution >= 4 is 11.9 Å². The Kier molecular flexibility index (Phi) is 33.4. The molecule has 0 fully saturated rings. The summed E-state index contributed by atoms with van der Waals surface area (Å²) in [6.07, 6.45) is 33.5. The Balaban J connectivity index is 4.72. The molecular formula is C40H79NO4. The molecule has 0 N–H and O–H groups in total. The van der Waals surface area contributed by atoms with Crippen molar-refractivity contribution in [3.63, 3.8) is 0 Å². The number of hydrogen-bond donors (Lipinski definition) is 0. The van der Waals surface area contributed by atoms with Crippen LogP contribution in [-0.4, -0.2) is 50.2 Å². The van der Waals surface area contributed by atoms with Gasteiger partial charge in [-0.25, -0.2) is 0 Å². The molecule has 0 heterocycles. The molecule has 0 radical (unpaired) electrons. The summed E-state index contributed by atoms with van der Waals surface area (Å²) in [5.41, 5.74) is 0. The minimum atomic E-state index is -0.318. The predicted octanol–water partition coefficient (Wildman–Crippen LogP) is 12.0. The molecule has 0 bridgehead atoms. The number of carbonyl (C=O) groups excluding carboxylic acids is 2. The van der Waals surface area contributed by atoms with Gasteiger partial charge >= 0.3 is 11.9 Å². The summed E-state index contributed by atoms with van der Waals surface area (Å²) >= 11 is 0. The zero-order chi connectivity index (χ0) is 33.2. The average Bonchev–Trinajstić information content (AvgIpc) is 3.02. The van der Waals surface area contributed by atoms with Gasteiger partial charge in [0.25, 0.3) is 0 Å². The molecule has 0 rings (SSSR count). The van der Waals surface area contributed by atoms with E-state index in [-0.39, 0.29) is 30.6 Å². The van der Waals surface area contributed by atoms with Crippen molar-refractivity contribution in [2.75, 3.05) is 27.2 Å². The molecule has 0 aliphatic heterocycles. The van der Waals surface area contributed by atoms with Crippen LogP contribution < -0.4 is 0 Å². The van der Waals surface area contributed by atoms with Crippen LogP contribution in [0.1, 0.15) is 207 Å². The van der Waals surface area contributed by atoms with Crippen LogP contribution in [0.25, 0.3) is 0 Å². The molecule has 0 saturated heterocycles. The fourth-order valence-corrected chi connectivity index (χ4v) is 6.17. The Morgan fingerprint density at radius 1 is 0.511 bits per heavy atom. The Labute approximate surface area is 281 Å². The van der Waals surface area contributed by atoms with Crippen molar-refractivity contribution < 1.29 is 19.1 Å². The summed E-state index contributed by atoms with van der Waals surface area (Å²) in [5.74, 6) is -0.227. The van der Waals surface area contributed by atoms with Gasteiger partial charge in [-0.3, -0.25) is 9.59 Å². The maximum absolute atomic E-state index is 13.3. The van der Waals surface area contributed by atoms with Crippen molar-refractivity contribution in [1.29, 1.82) is 0 Å². The highest BCUT2D eigenvalue weighted by Gasteiger charge is 2.22. The van der Waals surface area contributed by atoms with Crippen LogP contribution in [0.2, 0.25) is 0 Å². The lowest BCUT2D eigenvalue weighted by Crippen LogP contribution is -2.28. The molecule has 5 heteroatoms. The summed E-state index contributed by atoms with van der Waals surface area (Å²) < 4.78 is 11.9. The molecule has 45 heavy (non-hydrogen) atoms. The van der Waals surface area contributed by atoms with Crippen molar-refractivity contribution in [2.45, 2.75) is 213 Å². The first-order valence-electron chi connectivity index (χ1n) is 19.9. The topological polar surface area (TPSA) is 55.8 Å². The van der Waals surface area contributed by atoms with Gasteiger partial charge in [-0.1, -0.05) is 162 Å². The molecule has 2 unspecified atom stereocenters. The highest BCUT2D eigenvalue weighted by molar-refractivity contribution is 5.72. The number of esters is 2. The van der Waals surface area contributed by atoms with Crippen LogP contribution in [0.15, 0.2) is 0 Å². The van der Waals surface area contributed by atoms with E-state index >= 15 is 0 Å². The van der Waals surface area contributed by atoms with E-state index in [2.05, 4.69) is 39.8 Å². The van der Waals surface area contributed by atoms with Crippen LogP contribution in [0, 0.1) is 5.92 Å². The van der Waals surface area contributed by atoms with E-state index in [1.165, 1.54) is 116 Å². The van der Waals surface area contributed by atoms with Gasteiger partial charge in [-0.2, -0.15) is 0 Å². The van der Waals surface area contributed by atoms with E-state index in [1.807, 2.05) is 0 Å². The second-order valence-electron chi connectivity index (χ2n) is 14.1. The van der Waals surface area contributed by atoms with Crippen LogP contribution in [0.4, 0.5) is 0 Å². The quantitative estimate of drug-likeness (QED) is 0.0511. The summed E-state index contributed by atoms with van der Waals surface area (Å²) in [4.78, 5) is 28.2. The molecule has 2 atom stereocenters. The zero-order valence-electron chi connectivity index (χ0n) is 31.2. The maximum atomic E-state index is 13.3. The highest BCUT2D eigenvalue weighted by atomic mass is 16.6. The first-order valence-corrected chi connectivity index (χ1v) is 19.9. The molecule has 0 aliphatic rings. The Morgan fingerprint density at radius 3 is 1.38 bits per heavy atom. The third-order valence-electron chi connectivity index (χ3n) is 9.22. The number of carbonyl (C=O) groups is 2. The number of ether oxygens (including phenoxy) is 2. The zero-order valence-corrected chi connectivity index (χ0v) is 31.2. The first kappa shape index (κ1) is 43.9. The average molecular weight is 638 g/mol. The van der Waals surface area contributed by atoms with Gasteiger partial charge in [-0.05, 0) is 59.2 Å². The minimum absolute atomic E-state index is 0.0206. The van der Waals surface area contributed by atoms with Gasteiger partial charge in [0, 0.05) is 6.42 Å². The lowest BCUT2D eigenvalue weighted by molar-refractivity contribution is -0.162. The van der Waals surface area contributed by atoms with Gasteiger partial charge < -0.3 is 14.4 Å². The Morgan fingerprint density at radius 2 is 0.911 bits per heavy atom. The molecule has 0 aromatic heterocycles. The molecule has 0 amide bonds. The fraction of sp³-hybridized carbons (Fsp3) is 0.950. The first-order chi connectivity index (χ1) is 21.9. The van der Waals surface area contributed by atoms with Gasteiger partial charge in [0.2, 0.25) is 0 Å². The molecule has 0 saturated carbocycles. The smallest absolute Gasteiger partial charge is 0.309 e. The SMILES string of the molecule is CCCCCCCCCCCCCCC(COC(=O)C(CCCCCC)CCCCCCCC)OC(=O)CCCCCN(C)C. The van der Waals surface area contributed by atoms with Crippen LogP contribution >= 0.6 is 0 Å². The summed E-state index contributed by atoms with van der Waals surface area (Å²) in [6, 6.07) is 0. The van der Waals surface area contributed by atoms with E-state index in [4.69, 9.17) is 9.47 Å². The van der Waals surface area contributed by atoms with Crippen LogP contribution in [-0.2, 0) is 19.1 Å². The van der Waals surface area contributed by atoms with Gasteiger partial charge in [0.1, 0.15) is 12.7 Å². The van der Waals surface area contributed by atoms with Crippen molar-refractivity contribution in [3.05, 3.63) is 0 Å². The van der Waals surface area contributed by atoms with Crippen molar-refractivity contribution in [2.24, 2.45) is 5.92 Å². The van der Waals surface area contributed by atoms with E-state index in [9.17, 15) is 9.59 Å². The van der Waals surface area contributed by atoms with Crippen LogP contribution in [0.5, 0.6) is 0 Å². The number of hydrogen-bond acceptors (Lipinski definition) is 5. The molecular weight excluding hydrogens is 558 g/mol. The van der Waals surface area contributed by atoms with E-state index in [0.29, 0.717) is 6.42 Å². The van der Waals surface area contributed by atoms with Gasteiger partial charge in [0.15, 0.2) is 0 Å². The monoisotopic (exact) mass is 638 g/mol. The van der Waals surface area contributed by atoms with Crippen molar-refractivity contribution in [1.82, 2.24) is 4.90 Å². The highest BCUT2D eigenvalue weighted by Crippen LogP contribution is 2.22. The lowest BCUT2D eigenvalue weighted by atomic mass is 9.94. The Bertz CT molecular complexity index is 638. The van der Waals surface area contributed by atoms with Gasteiger partial charge in [0.05, 0.1) is 5.92 Å². The molecule has 268 valence electrons. The Hall–Kier alpha value is -1.10. The largest absolute Gasteiger partial charge is 0.462 e. The number of rotatable bonds is 35. The van der Waals surface area contributed by atoms with Gasteiger partial charge in [-0.15, -0.1) is 0 Å². The summed E-state index contributed by atoms with van der Waals surface area (Å²) in [7, 11) is 4.16. The lowest BCUT2D eigenvalue weighted by Gasteiger charge is -2.21. The normalized spacial score (nSPS) is 12.8. The third kappa shape index (κ3) is 31.3. The third-order valence-corrected chi connectivity index (χ3v) is 9.22. The van der Waals surface area contributed by atoms with E-state index in [1.54, 1.807) is 0 Å². The molecule has 0 aromatic carbocycles. The second kappa shape index (κ2) is 34.2. The van der Waals surface area contributed by atoms with Crippen molar-refractivity contribution in [3.8, 4) is 0 Å². The number of unbranched alkanes of at least 4 members (excludes halogenated alkanes) is 21.